The van der Waals surface area contributed by atoms with E-state index < -0.39 is 0 Å². The molecule has 0 radical (unpaired) electrons. The number of aromatic hydroxyl groups is 1. The van der Waals surface area contributed by atoms with Gasteiger partial charge in [-0.3, -0.25) is 9.69 Å². The number of carbonyl (C=O) groups is 1. The van der Waals surface area contributed by atoms with Crippen molar-refractivity contribution in [2.45, 2.75) is 51.2 Å². The third kappa shape index (κ3) is 5.24. The fourth-order valence-corrected chi connectivity index (χ4v) is 4.12. The highest BCUT2D eigenvalue weighted by Crippen LogP contribution is 2.27. The van der Waals surface area contributed by atoms with Crippen LogP contribution in [0.2, 0.25) is 5.02 Å². The van der Waals surface area contributed by atoms with E-state index in [0.29, 0.717) is 24.2 Å². The summed E-state index contributed by atoms with van der Waals surface area (Å²) in [5, 5.41) is 13.8. The predicted molar refractivity (Wildman–Crippen MR) is 109 cm³/mol. The Labute approximate surface area is 166 Å². The van der Waals surface area contributed by atoms with Crippen LogP contribution in [0.4, 0.5) is 0 Å². The molecule has 1 unspecified atom stereocenters. The number of para-hydroxylation sites is 1. The van der Waals surface area contributed by atoms with Crippen LogP contribution in [0.5, 0.6) is 5.75 Å². The quantitative estimate of drug-likeness (QED) is 0.727. The fraction of sp³-hybridized carbons (Fsp3) is 0.409. The molecule has 1 amide bonds. The summed E-state index contributed by atoms with van der Waals surface area (Å²) in [5.41, 5.74) is 1.77. The van der Waals surface area contributed by atoms with E-state index in [1.807, 2.05) is 49.4 Å². The van der Waals surface area contributed by atoms with E-state index in [9.17, 15) is 9.90 Å². The van der Waals surface area contributed by atoms with Crippen LogP contribution in [0, 0.1) is 0 Å². The van der Waals surface area contributed by atoms with Crippen LogP contribution in [0.15, 0.2) is 48.5 Å². The summed E-state index contributed by atoms with van der Waals surface area (Å²) in [6.45, 7) is 2.83. The van der Waals surface area contributed by atoms with Gasteiger partial charge in [0.2, 0.25) is 5.91 Å². The summed E-state index contributed by atoms with van der Waals surface area (Å²) in [5.74, 6) is 0.259. The van der Waals surface area contributed by atoms with Crippen LogP contribution in [0.3, 0.4) is 0 Å². The largest absolute Gasteiger partial charge is 0.508 e. The number of rotatable bonds is 7. The van der Waals surface area contributed by atoms with Crippen molar-refractivity contribution in [1.29, 1.82) is 0 Å². The van der Waals surface area contributed by atoms with Crippen LogP contribution in [-0.2, 0) is 11.3 Å². The number of carbonyl (C=O) groups excluding carboxylic acids is 1. The number of nitrogens with one attached hydrogen (secondary N) is 1. The van der Waals surface area contributed by atoms with E-state index in [4.69, 9.17) is 11.6 Å². The van der Waals surface area contributed by atoms with Gasteiger partial charge in [-0.15, -0.1) is 0 Å². The monoisotopic (exact) mass is 386 g/mol. The lowest BCUT2D eigenvalue weighted by Crippen LogP contribution is -2.42. The van der Waals surface area contributed by atoms with Gasteiger partial charge in [0.1, 0.15) is 5.75 Å². The molecule has 1 aliphatic carbocycles. The van der Waals surface area contributed by atoms with Crippen molar-refractivity contribution >= 4 is 17.5 Å². The Morgan fingerprint density at radius 1 is 1.19 bits per heavy atom. The van der Waals surface area contributed by atoms with Crippen molar-refractivity contribution in [3.63, 3.8) is 0 Å². The highest BCUT2D eigenvalue weighted by molar-refractivity contribution is 6.31. The molecule has 2 aromatic rings. The molecule has 0 spiro atoms. The number of halogens is 1. The zero-order chi connectivity index (χ0) is 19.2. The van der Waals surface area contributed by atoms with Gasteiger partial charge in [0, 0.05) is 23.2 Å². The summed E-state index contributed by atoms with van der Waals surface area (Å²) >= 11 is 6.25. The van der Waals surface area contributed by atoms with Crippen molar-refractivity contribution in [3.05, 3.63) is 64.7 Å². The zero-order valence-electron chi connectivity index (χ0n) is 15.7. The topological polar surface area (TPSA) is 52.6 Å². The van der Waals surface area contributed by atoms with Crippen LogP contribution in [-0.4, -0.2) is 28.5 Å². The van der Waals surface area contributed by atoms with Crippen molar-refractivity contribution in [3.8, 4) is 5.75 Å². The van der Waals surface area contributed by atoms with Gasteiger partial charge in [0.15, 0.2) is 0 Å². The first kappa shape index (κ1) is 19.7. The molecule has 2 N–H and O–H groups in total. The average molecular weight is 387 g/mol. The van der Waals surface area contributed by atoms with Crippen LogP contribution in [0.1, 0.15) is 49.8 Å². The first-order valence-electron chi connectivity index (χ1n) is 9.59. The number of phenolic OH excluding ortho intramolecular Hbond substituents is 1. The van der Waals surface area contributed by atoms with E-state index in [1.54, 1.807) is 6.07 Å². The number of nitrogens with zero attached hydrogens (tertiary/aromatic N) is 1. The molecule has 4 nitrogen and oxygen atoms in total. The number of benzene rings is 2. The molecule has 1 saturated carbocycles. The second kappa shape index (κ2) is 9.25. The van der Waals surface area contributed by atoms with Crippen LogP contribution in [0.25, 0.3) is 0 Å². The molecule has 1 aliphatic rings. The van der Waals surface area contributed by atoms with Gasteiger partial charge in [-0.05, 0) is 37.5 Å². The number of phenols is 1. The summed E-state index contributed by atoms with van der Waals surface area (Å²) in [6.07, 6.45) is 4.58. The minimum absolute atomic E-state index is 0.0234. The third-order valence-corrected chi connectivity index (χ3v) is 5.65. The predicted octanol–water partition coefficient (Wildman–Crippen LogP) is 4.67. The van der Waals surface area contributed by atoms with Gasteiger partial charge in [0.05, 0.1) is 12.6 Å². The highest BCUT2D eigenvalue weighted by Gasteiger charge is 2.25. The summed E-state index contributed by atoms with van der Waals surface area (Å²) in [7, 11) is 0. The Balaban J connectivity index is 1.67. The smallest absolute Gasteiger partial charge is 0.234 e. The lowest BCUT2D eigenvalue weighted by atomic mass is 10.1. The molecule has 144 valence electrons. The van der Waals surface area contributed by atoms with Gasteiger partial charge in [-0.1, -0.05) is 60.8 Å². The number of hydrogen-bond donors (Lipinski definition) is 2. The molecular formula is C22H27ClN2O2. The van der Waals surface area contributed by atoms with Crippen LogP contribution >= 0.6 is 11.6 Å². The second-order valence-electron chi connectivity index (χ2n) is 7.28. The summed E-state index contributed by atoms with van der Waals surface area (Å²) in [6, 6.07) is 15.2. The molecule has 0 aromatic heterocycles. The molecule has 0 heterocycles. The Hall–Kier alpha value is -2.04. The van der Waals surface area contributed by atoms with Crippen LogP contribution < -0.4 is 5.32 Å². The lowest BCUT2D eigenvalue weighted by molar-refractivity contribution is -0.123. The van der Waals surface area contributed by atoms with E-state index in [2.05, 4.69) is 10.2 Å². The molecule has 0 bridgehead atoms. The van der Waals surface area contributed by atoms with E-state index in [0.717, 1.165) is 24.0 Å². The molecule has 2 aromatic carbocycles. The highest BCUT2D eigenvalue weighted by atomic mass is 35.5. The van der Waals surface area contributed by atoms with Gasteiger partial charge >= 0.3 is 0 Å². The van der Waals surface area contributed by atoms with E-state index >= 15 is 0 Å². The van der Waals surface area contributed by atoms with Gasteiger partial charge in [-0.25, -0.2) is 0 Å². The van der Waals surface area contributed by atoms with Gasteiger partial charge < -0.3 is 10.4 Å². The summed E-state index contributed by atoms with van der Waals surface area (Å²) < 4.78 is 0. The van der Waals surface area contributed by atoms with Crippen molar-refractivity contribution in [1.82, 2.24) is 10.2 Å². The van der Waals surface area contributed by atoms with E-state index in [-0.39, 0.29) is 17.7 Å². The molecule has 1 atom stereocenters. The second-order valence-corrected chi connectivity index (χ2v) is 7.69. The molecule has 0 saturated heterocycles. The first-order valence-corrected chi connectivity index (χ1v) is 9.97. The first-order chi connectivity index (χ1) is 13.0. The normalized spacial score (nSPS) is 15.8. The maximum absolute atomic E-state index is 12.7. The number of hydrogen-bond acceptors (Lipinski definition) is 3. The van der Waals surface area contributed by atoms with Crippen molar-refractivity contribution in [2.24, 2.45) is 0 Å². The maximum atomic E-state index is 12.7. The molecule has 0 aliphatic heterocycles. The fourth-order valence-electron chi connectivity index (χ4n) is 3.82. The molecule has 27 heavy (non-hydrogen) atoms. The lowest BCUT2D eigenvalue weighted by Gasteiger charge is -2.29. The zero-order valence-corrected chi connectivity index (χ0v) is 16.5. The van der Waals surface area contributed by atoms with Crippen molar-refractivity contribution < 1.29 is 9.90 Å². The van der Waals surface area contributed by atoms with E-state index in [1.165, 1.54) is 12.8 Å². The van der Waals surface area contributed by atoms with Gasteiger partial charge in [0.25, 0.3) is 0 Å². The molecule has 1 fully saturated rings. The summed E-state index contributed by atoms with van der Waals surface area (Å²) in [4.78, 5) is 14.9. The minimum Gasteiger partial charge on any atom is -0.508 e. The minimum atomic E-state index is -0.151. The Kier molecular flexibility index (Phi) is 6.75. The van der Waals surface area contributed by atoms with Gasteiger partial charge in [-0.2, -0.15) is 0 Å². The SMILES string of the molecule is CC(NC(=O)CN(Cc1ccccc1O)C1CCCC1)c1ccccc1Cl. The Bertz CT molecular complexity index is 774. The molecular weight excluding hydrogens is 360 g/mol. The third-order valence-electron chi connectivity index (χ3n) is 5.30. The average Bonchev–Trinajstić information content (AvgIpc) is 3.18. The maximum Gasteiger partial charge on any atom is 0.234 e. The Morgan fingerprint density at radius 2 is 1.85 bits per heavy atom. The molecule has 3 rings (SSSR count). The standard InChI is InChI=1S/C22H27ClN2O2/c1-16(19-11-5-6-12-20(19)23)24-22(27)15-25(18-9-3-4-10-18)14-17-8-2-7-13-21(17)26/h2,5-8,11-13,16,18,26H,3-4,9-10,14-15H2,1H3,(H,24,27). The Morgan fingerprint density at radius 3 is 2.56 bits per heavy atom. The van der Waals surface area contributed by atoms with Crippen molar-refractivity contribution in [2.75, 3.05) is 6.54 Å². The molecule has 5 heteroatoms. The number of amides is 1.